The Hall–Kier alpha value is -1.80. The van der Waals surface area contributed by atoms with Gasteiger partial charge in [-0.25, -0.2) is 4.98 Å². The molecule has 0 spiro atoms. The third-order valence-electron chi connectivity index (χ3n) is 4.19. The van der Waals surface area contributed by atoms with E-state index in [1.54, 1.807) is 6.07 Å². The van der Waals surface area contributed by atoms with Crippen molar-refractivity contribution >= 4 is 16.5 Å². The van der Waals surface area contributed by atoms with Crippen molar-refractivity contribution in [2.75, 3.05) is 19.0 Å². The molecular formula is C20H28F3N3OS. The summed E-state index contributed by atoms with van der Waals surface area (Å²) in [4.78, 5) is 5.61. The van der Waals surface area contributed by atoms with Crippen LogP contribution in [0.1, 0.15) is 44.6 Å². The van der Waals surface area contributed by atoms with Gasteiger partial charge in [-0.05, 0) is 43.5 Å². The number of anilines is 1. The van der Waals surface area contributed by atoms with Crippen molar-refractivity contribution in [1.82, 2.24) is 10.3 Å². The normalized spacial score (nSPS) is 13.0. The molecule has 8 heteroatoms. The number of hydrogen-bond donors (Lipinski definition) is 2. The Morgan fingerprint density at radius 1 is 1.18 bits per heavy atom. The van der Waals surface area contributed by atoms with Gasteiger partial charge in [-0.3, -0.25) is 5.32 Å². The topological polar surface area (TPSA) is 46.2 Å². The van der Waals surface area contributed by atoms with Crippen molar-refractivity contribution in [3.63, 3.8) is 0 Å². The maximum atomic E-state index is 13.3. The molecule has 1 aromatic carbocycles. The van der Waals surface area contributed by atoms with Crippen LogP contribution in [0.5, 0.6) is 5.75 Å². The molecule has 2 N–H and O–H groups in total. The average Bonchev–Trinajstić information content (AvgIpc) is 3.01. The van der Waals surface area contributed by atoms with E-state index < -0.39 is 11.7 Å². The van der Waals surface area contributed by atoms with E-state index in [1.165, 1.54) is 18.4 Å². The van der Waals surface area contributed by atoms with E-state index in [0.717, 1.165) is 36.4 Å². The molecule has 0 radical (unpaired) electrons. The van der Waals surface area contributed by atoms with Crippen molar-refractivity contribution in [2.45, 2.75) is 52.9 Å². The van der Waals surface area contributed by atoms with Crippen LogP contribution in [0.4, 0.5) is 18.3 Å². The van der Waals surface area contributed by atoms with Crippen LogP contribution in [0.2, 0.25) is 0 Å². The predicted molar refractivity (Wildman–Crippen MR) is 109 cm³/mol. The zero-order valence-corrected chi connectivity index (χ0v) is 17.7. The first kappa shape index (κ1) is 22.5. The van der Waals surface area contributed by atoms with Crippen molar-refractivity contribution in [3.8, 4) is 17.0 Å². The average molecular weight is 416 g/mol. The molecule has 28 heavy (non-hydrogen) atoms. The minimum absolute atomic E-state index is 0.0620. The highest BCUT2D eigenvalue weighted by Crippen LogP contribution is 2.39. The Kier molecular flexibility index (Phi) is 7.71. The van der Waals surface area contributed by atoms with Gasteiger partial charge in [-0.1, -0.05) is 27.7 Å². The van der Waals surface area contributed by atoms with Gasteiger partial charge in [0.25, 0.3) is 0 Å². The van der Waals surface area contributed by atoms with E-state index >= 15 is 0 Å². The number of benzene rings is 1. The van der Waals surface area contributed by atoms with Gasteiger partial charge in [0.1, 0.15) is 5.75 Å². The fourth-order valence-electron chi connectivity index (χ4n) is 2.86. The van der Waals surface area contributed by atoms with E-state index in [2.05, 4.69) is 36.4 Å². The first-order valence-corrected chi connectivity index (χ1v) is 10.3. The van der Waals surface area contributed by atoms with Gasteiger partial charge in [0.15, 0.2) is 5.13 Å². The lowest BCUT2D eigenvalue weighted by Gasteiger charge is -2.16. The number of methoxy groups -OCH3 is 1. The van der Waals surface area contributed by atoms with Crippen LogP contribution >= 0.6 is 11.3 Å². The van der Waals surface area contributed by atoms with Crippen LogP contribution in [0.25, 0.3) is 11.3 Å². The Morgan fingerprint density at radius 2 is 1.89 bits per heavy atom. The molecule has 0 aliphatic carbocycles. The Balaban J connectivity index is 2.50. The summed E-state index contributed by atoms with van der Waals surface area (Å²) in [6.07, 6.45) is -2.78. The van der Waals surface area contributed by atoms with Gasteiger partial charge < -0.3 is 10.1 Å². The highest BCUT2D eigenvalue weighted by atomic mass is 32.1. The van der Waals surface area contributed by atoms with Gasteiger partial charge in [0.05, 0.1) is 24.5 Å². The summed E-state index contributed by atoms with van der Waals surface area (Å²) in [7, 11) is 1.37. The summed E-state index contributed by atoms with van der Waals surface area (Å²) in [5.41, 5.74) is 0.263. The van der Waals surface area contributed by atoms with Crippen LogP contribution in [-0.4, -0.2) is 24.8 Å². The lowest BCUT2D eigenvalue weighted by Crippen LogP contribution is -2.35. The third kappa shape index (κ3) is 5.85. The van der Waals surface area contributed by atoms with Gasteiger partial charge in [0, 0.05) is 10.4 Å². The highest BCUT2D eigenvalue weighted by Gasteiger charge is 2.32. The van der Waals surface area contributed by atoms with Gasteiger partial charge >= 0.3 is 6.18 Å². The second kappa shape index (κ2) is 9.60. The second-order valence-corrected chi connectivity index (χ2v) is 8.08. The monoisotopic (exact) mass is 415 g/mol. The maximum Gasteiger partial charge on any atom is 0.416 e. The fraction of sp³-hybridized carbons (Fsp3) is 0.550. The molecule has 1 aromatic heterocycles. The number of alkyl halides is 3. The number of nitrogens with one attached hydrogen (secondary N) is 2. The number of ether oxygens (including phenoxy) is 1. The largest absolute Gasteiger partial charge is 0.497 e. The minimum Gasteiger partial charge on any atom is -0.497 e. The molecule has 0 aliphatic rings. The quantitative estimate of drug-likeness (QED) is 0.509. The SMILES string of the molecule is CCNC(CC)Nc1nc(-c2cc(OC)cc(C(F)(F)F)c2)c(CC(C)C)s1. The number of rotatable bonds is 9. The molecule has 0 bridgehead atoms. The molecule has 1 atom stereocenters. The summed E-state index contributed by atoms with van der Waals surface area (Å²) in [5, 5.41) is 7.38. The van der Waals surface area contributed by atoms with Gasteiger partial charge in [0.2, 0.25) is 0 Å². The van der Waals surface area contributed by atoms with Gasteiger partial charge in [-0.2, -0.15) is 13.2 Å². The molecule has 4 nitrogen and oxygen atoms in total. The van der Waals surface area contributed by atoms with E-state index in [4.69, 9.17) is 4.74 Å². The molecule has 2 aromatic rings. The zero-order chi connectivity index (χ0) is 20.9. The summed E-state index contributed by atoms with van der Waals surface area (Å²) in [5.74, 6) is 0.525. The fourth-order valence-corrected chi connectivity index (χ4v) is 4.11. The first-order chi connectivity index (χ1) is 13.2. The third-order valence-corrected chi connectivity index (χ3v) is 5.20. The molecule has 2 rings (SSSR count). The molecule has 0 aliphatic heterocycles. The minimum atomic E-state index is -4.45. The molecule has 1 heterocycles. The van der Waals surface area contributed by atoms with E-state index in [9.17, 15) is 13.2 Å². The number of thiazole rings is 1. The first-order valence-electron chi connectivity index (χ1n) is 9.44. The number of halogens is 3. The van der Waals surface area contributed by atoms with Crippen LogP contribution in [-0.2, 0) is 12.6 Å². The van der Waals surface area contributed by atoms with Crippen LogP contribution in [0, 0.1) is 5.92 Å². The van der Waals surface area contributed by atoms with Crippen LogP contribution in [0.15, 0.2) is 18.2 Å². The molecule has 0 saturated heterocycles. The maximum absolute atomic E-state index is 13.3. The predicted octanol–water partition coefficient (Wildman–Crippen LogP) is 5.79. The molecule has 0 fully saturated rings. The summed E-state index contributed by atoms with van der Waals surface area (Å²) in [6.45, 7) is 9.05. The Bertz CT molecular complexity index is 775. The van der Waals surface area contributed by atoms with Crippen molar-refractivity contribution in [3.05, 3.63) is 28.6 Å². The number of hydrogen-bond acceptors (Lipinski definition) is 5. The van der Waals surface area contributed by atoms with Crippen molar-refractivity contribution in [1.29, 1.82) is 0 Å². The van der Waals surface area contributed by atoms with Gasteiger partial charge in [-0.15, -0.1) is 11.3 Å². The molecule has 156 valence electrons. The number of aromatic nitrogens is 1. The standard InChI is InChI=1S/C20H28F3N3OS/c1-6-17(24-7-2)25-19-26-18(16(28-19)8-12(3)4)13-9-14(20(21,22)23)11-15(10-13)27-5/h9-12,17,24H,6-8H2,1-5H3,(H,25,26). The van der Waals surface area contributed by atoms with Crippen molar-refractivity contribution < 1.29 is 17.9 Å². The molecule has 0 saturated carbocycles. The van der Waals surface area contributed by atoms with E-state index in [-0.39, 0.29) is 11.9 Å². The number of nitrogens with zero attached hydrogens (tertiary/aromatic N) is 1. The summed E-state index contributed by atoms with van der Waals surface area (Å²) >= 11 is 1.49. The van der Waals surface area contributed by atoms with E-state index in [0.29, 0.717) is 22.3 Å². The smallest absolute Gasteiger partial charge is 0.416 e. The lowest BCUT2D eigenvalue weighted by atomic mass is 10.0. The van der Waals surface area contributed by atoms with Crippen LogP contribution in [0.3, 0.4) is 0 Å². The lowest BCUT2D eigenvalue weighted by molar-refractivity contribution is -0.137. The Labute approximate surface area is 168 Å². The molecule has 1 unspecified atom stereocenters. The summed E-state index contributed by atoms with van der Waals surface area (Å²) in [6, 6.07) is 3.77. The van der Waals surface area contributed by atoms with Crippen molar-refractivity contribution in [2.24, 2.45) is 5.92 Å². The molecule has 0 amide bonds. The summed E-state index contributed by atoms with van der Waals surface area (Å²) < 4.78 is 45.1. The molecular weight excluding hydrogens is 387 g/mol. The van der Waals surface area contributed by atoms with E-state index in [1.807, 2.05) is 6.92 Å². The highest BCUT2D eigenvalue weighted by molar-refractivity contribution is 7.16. The Morgan fingerprint density at radius 3 is 2.43 bits per heavy atom. The zero-order valence-electron chi connectivity index (χ0n) is 16.9. The van der Waals surface area contributed by atoms with Crippen LogP contribution < -0.4 is 15.4 Å². The second-order valence-electron chi connectivity index (χ2n) is 7.00.